The first kappa shape index (κ1) is 15.8. The minimum absolute atomic E-state index is 0. The normalized spacial score (nSPS) is 11.4. The van der Waals surface area contributed by atoms with Crippen LogP contribution < -0.4 is 16.6 Å². The number of Topliss-reactive ketones (excluding diaryl/α,β-unsaturated/α-hetero) is 1. The van der Waals surface area contributed by atoms with Crippen LogP contribution in [0.1, 0.15) is 19.8 Å². The van der Waals surface area contributed by atoms with Crippen molar-refractivity contribution in [3.05, 3.63) is 0 Å². The van der Waals surface area contributed by atoms with E-state index in [1.54, 1.807) is 7.05 Å². The number of likely N-dealkylation sites (N-methyl/N-ethyl adjacent to an activating group) is 1. The van der Waals surface area contributed by atoms with Gasteiger partial charge in [0.1, 0.15) is 0 Å². The van der Waals surface area contributed by atoms with Gasteiger partial charge < -0.3 is 5.32 Å². The summed E-state index contributed by atoms with van der Waals surface area (Å²) in [4.78, 5) is 22.5. The van der Waals surface area contributed by atoms with E-state index in [0.29, 0.717) is 6.42 Å². The van der Waals surface area contributed by atoms with Crippen LogP contribution in [-0.4, -0.2) is 25.3 Å². The third-order valence-electron chi connectivity index (χ3n) is 1.78. The van der Waals surface area contributed by atoms with Gasteiger partial charge in [0.2, 0.25) is 5.91 Å². The molecule has 6 heteroatoms. The predicted octanol–water partition coefficient (Wildman–Crippen LogP) is -0.397. The zero-order valence-corrected chi connectivity index (χ0v) is 9.32. The molecule has 1 atom stereocenters. The Morgan fingerprint density at radius 3 is 2.36 bits per heavy atom. The summed E-state index contributed by atoms with van der Waals surface area (Å²) < 4.78 is 0. The van der Waals surface area contributed by atoms with Crippen LogP contribution in [0.25, 0.3) is 0 Å². The van der Waals surface area contributed by atoms with Gasteiger partial charge in [-0.2, -0.15) is 0 Å². The summed E-state index contributed by atoms with van der Waals surface area (Å²) in [5.41, 5.74) is 2.00. The largest absolute Gasteiger partial charge is 0.313 e. The average Bonchev–Trinajstić information content (AvgIpc) is 2.13. The lowest BCUT2D eigenvalue weighted by molar-refractivity contribution is -0.133. The fraction of sp³-hybridized carbons (Fsp3) is 0.750. The maximum atomic E-state index is 11.4. The van der Waals surface area contributed by atoms with E-state index in [9.17, 15) is 9.59 Å². The molecule has 0 spiro atoms. The van der Waals surface area contributed by atoms with Crippen LogP contribution in [0.15, 0.2) is 0 Å². The molecule has 0 rings (SSSR count). The second-order valence-electron chi connectivity index (χ2n) is 2.85. The van der Waals surface area contributed by atoms with Gasteiger partial charge >= 0.3 is 0 Å². The molecule has 0 aromatic carbocycles. The maximum absolute atomic E-state index is 11.4. The van der Waals surface area contributed by atoms with Crippen molar-refractivity contribution in [2.45, 2.75) is 19.8 Å². The number of hydrazine groups is 1. The monoisotopic (exact) mass is 223 g/mol. The molecule has 0 saturated heterocycles. The Hall–Kier alpha value is -0.650. The van der Waals surface area contributed by atoms with E-state index in [2.05, 4.69) is 5.32 Å². The molecular weight excluding hydrogens is 206 g/mol. The first-order valence-electron chi connectivity index (χ1n) is 4.35. The summed E-state index contributed by atoms with van der Waals surface area (Å²) >= 11 is 0. The van der Waals surface area contributed by atoms with Crippen molar-refractivity contribution >= 4 is 24.1 Å². The summed E-state index contributed by atoms with van der Waals surface area (Å²) in [5.74, 6) is 3.84. The van der Waals surface area contributed by atoms with E-state index in [1.165, 1.54) is 0 Å². The summed E-state index contributed by atoms with van der Waals surface area (Å²) in [6, 6.07) is 0. The van der Waals surface area contributed by atoms with Crippen molar-refractivity contribution in [2.24, 2.45) is 11.8 Å². The third-order valence-corrected chi connectivity index (χ3v) is 1.78. The minimum Gasteiger partial charge on any atom is -0.313 e. The molecule has 84 valence electrons. The Morgan fingerprint density at radius 1 is 1.43 bits per heavy atom. The molecule has 0 aliphatic rings. The van der Waals surface area contributed by atoms with Gasteiger partial charge in [-0.15, -0.1) is 12.4 Å². The molecule has 5 nitrogen and oxygen atoms in total. The standard InChI is InChI=1S/C8H17N3O2.ClH/c1-3-4-6(8(13)11-9)7(12)5-10-2;/h6,10H,3-5,9H2,1-2H3,(H,11,13);1H. The van der Waals surface area contributed by atoms with Crippen molar-refractivity contribution in [3.63, 3.8) is 0 Å². The number of nitrogens with one attached hydrogen (secondary N) is 2. The zero-order chi connectivity index (χ0) is 10.3. The highest BCUT2D eigenvalue weighted by Gasteiger charge is 2.23. The van der Waals surface area contributed by atoms with Crippen LogP contribution in [0.2, 0.25) is 0 Å². The van der Waals surface area contributed by atoms with E-state index in [4.69, 9.17) is 5.84 Å². The summed E-state index contributed by atoms with van der Waals surface area (Å²) in [7, 11) is 1.67. The van der Waals surface area contributed by atoms with Gasteiger partial charge in [-0.05, 0) is 13.5 Å². The van der Waals surface area contributed by atoms with E-state index in [-0.39, 0.29) is 24.7 Å². The fourth-order valence-corrected chi connectivity index (χ4v) is 1.12. The molecule has 0 fully saturated rings. The Labute approximate surface area is 90.2 Å². The molecule has 1 amide bonds. The van der Waals surface area contributed by atoms with Crippen molar-refractivity contribution in [1.82, 2.24) is 10.7 Å². The summed E-state index contributed by atoms with van der Waals surface area (Å²) in [6.45, 7) is 2.13. The molecule has 14 heavy (non-hydrogen) atoms. The molecule has 0 bridgehead atoms. The van der Waals surface area contributed by atoms with E-state index in [1.807, 2.05) is 12.3 Å². The van der Waals surface area contributed by atoms with E-state index >= 15 is 0 Å². The summed E-state index contributed by atoms with van der Waals surface area (Å²) in [6.07, 6.45) is 1.33. The van der Waals surface area contributed by atoms with Crippen LogP contribution in [0.4, 0.5) is 0 Å². The topological polar surface area (TPSA) is 84.2 Å². The molecule has 0 aliphatic heterocycles. The third kappa shape index (κ3) is 5.16. The smallest absolute Gasteiger partial charge is 0.244 e. The maximum Gasteiger partial charge on any atom is 0.244 e. The molecule has 0 saturated carbocycles. The van der Waals surface area contributed by atoms with Crippen LogP contribution in [0.3, 0.4) is 0 Å². The predicted molar refractivity (Wildman–Crippen MR) is 56.9 cm³/mol. The van der Waals surface area contributed by atoms with Gasteiger partial charge in [-0.1, -0.05) is 13.3 Å². The first-order valence-corrected chi connectivity index (χ1v) is 4.35. The van der Waals surface area contributed by atoms with Crippen LogP contribution in [-0.2, 0) is 9.59 Å². The van der Waals surface area contributed by atoms with Crippen LogP contribution in [0, 0.1) is 5.92 Å². The number of rotatable bonds is 6. The molecular formula is C8H18ClN3O2. The number of ketones is 1. The molecule has 0 heterocycles. The Balaban J connectivity index is 0. The second kappa shape index (κ2) is 8.93. The lowest BCUT2D eigenvalue weighted by Gasteiger charge is -2.12. The SMILES string of the molecule is CCCC(C(=O)CNC)C(=O)NN.Cl. The minimum atomic E-state index is -0.609. The van der Waals surface area contributed by atoms with Crippen LogP contribution in [0.5, 0.6) is 0 Å². The lowest BCUT2D eigenvalue weighted by atomic mass is 9.98. The number of hydrogen-bond acceptors (Lipinski definition) is 4. The second-order valence-corrected chi connectivity index (χ2v) is 2.85. The highest BCUT2D eigenvalue weighted by atomic mass is 35.5. The van der Waals surface area contributed by atoms with Gasteiger partial charge in [-0.25, -0.2) is 5.84 Å². The Kier molecular flexibility index (Phi) is 10.1. The fourth-order valence-electron chi connectivity index (χ4n) is 1.12. The van der Waals surface area contributed by atoms with Crippen LogP contribution >= 0.6 is 12.4 Å². The van der Waals surface area contributed by atoms with Crippen molar-refractivity contribution in [2.75, 3.05) is 13.6 Å². The number of hydrogen-bond donors (Lipinski definition) is 3. The zero-order valence-electron chi connectivity index (χ0n) is 8.50. The number of carbonyl (C=O) groups excluding carboxylic acids is 2. The van der Waals surface area contributed by atoms with Gasteiger partial charge in [0.15, 0.2) is 5.78 Å². The number of carbonyl (C=O) groups is 2. The van der Waals surface area contributed by atoms with Gasteiger partial charge in [0.05, 0.1) is 12.5 Å². The quantitative estimate of drug-likeness (QED) is 0.248. The van der Waals surface area contributed by atoms with Crippen molar-refractivity contribution < 1.29 is 9.59 Å². The molecule has 0 aromatic rings. The molecule has 0 aliphatic carbocycles. The number of nitrogens with two attached hydrogens (primary N) is 1. The highest BCUT2D eigenvalue weighted by Crippen LogP contribution is 2.07. The van der Waals surface area contributed by atoms with Gasteiger partial charge in [0.25, 0.3) is 0 Å². The van der Waals surface area contributed by atoms with E-state index < -0.39 is 11.8 Å². The number of halogens is 1. The molecule has 0 aromatic heterocycles. The Bertz CT molecular complexity index is 187. The average molecular weight is 224 g/mol. The van der Waals surface area contributed by atoms with Crippen molar-refractivity contribution in [1.29, 1.82) is 0 Å². The lowest BCUT2D eigenvalue weighted by Crippen LogP contribution is -2.41. The summed E-state index contributed by atoms with van der Waals surface area (Å²) in [5, 5.41) is 2.71. The van der Waals surface area contributed by atoms with Gasteiger partial charge in [-0.3, -0.25) is 15.0 Å². The first-order chi connectivity index (χ1) is 6.17. The highest BCUT2D eigenvalue weighted by molar-refractivity contribution is 6.01. The molecule has 4 N–H and O–H groups in total. The number of amides is 1. The molecule has 1 unspecified atom stereocenters. The Morgan fingerprint density at radius 2 is 2.00 bits per heavy atom. The van der Waals surface area contributed by atoms with Gasteiger partial charge in [0, 0.05) is 0 Å². The van der Waals surface area contributed by atoms with E-state index in [0.717, 1.165) is 6.42 Å². The van der Waals surface area contributed by atoms with Crippen molar-refractivity contribution in [3.8, 4) is 0 Å². The molecule has 0 radical (unpaired) electrons.